The van der Waals surface area contributed by atoms with Crippen LogP contribution in [0.25, 0.3) is 0 Å². The molecule has 280 valence electrons. The molecule has 0 bridgehead atoms. The van der Waals surface area contributed by atoms with Crippen molar-refractivity contribution in [2.75, 3.05) is 13.2 Å². The molecule has 12 fully saturated rings. The normalized spacial score (nSPS) is 62.6. The van der Waals surface area contributed by atoms with E-state index < -0.39 is 0 Å². The Morgan fingerprint density at radius 2 is 0.880 bits per heavy atom. The van der Waals surface area contributed by atoms with Crippen LogP contribution in [0.4, 0.5) is 0 Å². The molecule has 2 saturated heterocycles. The first-order valence-electron chi connectivity index (χ1n) is 22.8. The number of hydrogen-bond acceptors (Lipinski definition) is 4. The van der Waals surface area contributed by atoms with Crippen molar-refractivity contribution in [2.45, 2.75) is 191 Å². The second-order valence-corrected chi connectivity index (χ2v) is 22.4. The number of aliphatic hydroxyl groups is 2. The summed E-state index contributed by atoms with van der Waals surface area (Å²) in [6, 6.07) is 0. The van der Waals surface area contributed by atoms with Crippen LogP contribution < -0.4 is 0 Å². The van der Waals surface area contributed by atoms with E-state index >= 15 is 0 Å². The van der Waals surface area contributed by atoms with Crippen molar-refractivity contribution >= 4 is 0 Å². The van der Waals surface area contributed by atoms with Gasteiger partial charge in [0, 0.05) is 0 Å². The molecular weight excluding hydrogens is 617 g/mol. The van der Waals surface area contributed by atoms with Crippen LogP contribution in [0.5, 0.6) is 0 Å². The quantitative estimate of drug-likeness (QED) is 0.249. The lowest BCUT2D eigenvalue weighted by atomic mass is 9.43. The third-order valence-electron chi connectivity index (χ3n) is 21.5. The summed E-state index contributed by atoms with van der Waals surface area (Å²) in [4.78, 5) is 0. The van der Waals surface area contributed by atoms with Gasteiger partial charge in [0.2, 0.25) is 0 Å². The molecule has 4 nitrogen and oxygen atoms in total. The summed E-state index contributed by atoms with van der Waals surface area (Å²) in [6.07, 6.45) is 33.1. The zero-order valence-electron chi connectivity index (χ0n) is 32.0. The summed E-state index contributed by atoms with van der Waals surface area (Å²) < 4.78 is 12.2. The van der Waals surface area contributed by atoms with Crippen LogP contribution in [0.2, 0.25) is 0 Å². The lowest BCUT2D eigenvalue weighted by Gasteiger charge is -2.62. The van der Waals surface area contributed by atoms with E-state index in [0.29, 0.717) is 32.9 Å². The Morgan fingerprint density at radius 1 is 0.440 bits per heavy atom. The smallest absolute Gasteiger partial charge is 0.0949 e. The average molecular weight is 689 g/mol. The molecule has 12 rings (SSSR count). The van der Waals surface area contributed by atoms with Gasteiger partial charge in [-0.15, -0.1) is 0 Å². The van der Waals surface area contributed by atoms with Gasteiger partial charge in [-0.2, -0.15) is 0 Å². The predicted molar refractivity (Wildman–Crippen MR) is 196 cm³/mol. The Hall–Kier alpha value is -0.160. The van der Waals surface area contributed by atoms with Gasteiger partial charge in [-0.1, -0.05) is 13.8 Å². The van der Waals surface area contributed by atoms with Gasteiger partial charge in [0.05, 0.1) is 36.6 Å². The first kappa shape index (κ1) is 33.2. The van der Waals surface area contributed by atoms with E-state index in [9.17, 15) is 10.2 Å². The SMILES string of the molecule is C[C@]12CC[C@@H](O)C[C@@H]1CCC1C3CC[C@@H]4[C@@]5(CCC[C@]34CCC12)CO5.C[C@]12CC[C@@H](O)C[C@@H]1CCC1C3CC[C@@H]4[C@]5(CCC[C@]34CCC12)CO5. The maximum atomic E-state index is 10.2. The summed E-state index contributed by atoms with van der Waals surface area (Å²) in [5.74, 6) is 9.29. The highest BCUT2D eigenvalue weighted by atomic mass is 16.6. The van der Waals surface area contributed by atoms with Crippen LogP contribution in [-0.4, -0.2) is 46.8 Å². The van der Waals surface area contributed by atoms with Gasteiger partial charge >= 0.3 is 0 Å². The lowest BCUT2D eigenvalue weighted by molar-refractivity contribution is -0.142. The number of fused-ring (bicyclic) bond motifs is 10. The van der Waals surface area contributed by atoms with Gasteiger partial charge < -0.3 is 19.7 Å². The minimum Gasteiger partial charge on any atom is -0.393 e. The molecule has 12 aliphatic rings. The second kappa shape index (κ2) is 11.2. The first-order valence-corrected chi connectivity index (χ1v) is 22.8. The summed E-state index contributed by atoms with van der Waals surface area (Å²) in [5.41, 5.74) is 3.07. The number of hydrogen-bond donors (Lipinski definition) is 2. The molecule has 0 aromatic heterocycles. The summed E-state index contributed by atoms with van der Waals surface area (Å²) >= 11 is 0. The van der Waals surface area contributed by atoms with E-state index in [1.165, 1.54) is 128 Å². The monoisotopic (exact) mass is 689 g/mol. The largest absolute Gasteiger partial charge is 0.393 e. The molecule has 2 heterocycles. The van der Waals surface area contributed by atoms with E-state index in [1.807, 2.05) is 0 Å². The minimum absolute atomic E-state index is 0.00867. The average Bonchev–Trinajstić information content (AvgIpc) is 3.97. The first-order chi connectivity index (χ1) is 24.1. The Bertz CT molecular complexity index is 1240. The van der Waals surface area contributed by atoms with E-state index in [0.717, 1.165) is 98.1 Å². The fraction of sp³-hybridized carbons (Fsp3) is 1.00. The van der Waals surface area contributed by atoms with Gasteiger partial charge in [-0.3, -0.25) is 0 Å². The molecule has 50 heavy (non-hydrogen) atoms. The van der Waals surface area contributed by atoms with Crippen molar-refractivity contribution in [1.82, 2.24) is 0 Å². The number of epoxide rings is 2. The zero-order chi connectivity index (χ0) is 33.7. The highest BCUT2D eigenvalue weighted by Gasteiger charge is 2.71. The van der Waals surface area contributed by atoms with Crippen LogP contribution in [0.3, 0.4) is 0 Å². The summed E-state index contributed by atoms with van der Waals surface area (Å²) in [5, 5.41) is 20.4. The van der Waals surface area contributed by atoms with Crippen molar-refractivity contribution in [1.29, 1.82) is 0 Å². The Kier molecular flexibility index (Phi) is 7.45. The predicted octanol–water partition coefficient (Wildman–Crippen LogP) is 9.88. The number of ether oxygens (including phenoxy) is 2. The topological polar surface area (TPSA) is 65.5 Å². The van der Waals surface area contributed by atoms with Crippen LogP contribution in [0.1, 0.15) is 168 Å². The van der Waals surface area contributed by atoms with Crippen molar-refractivity contribution in [3.8, 4) is 0 Å². The van der Waals surface area contributed by atoms with Crippen LogP contribution in [0, 0.1) is 80.8 Å². The lowest BCUT2D eigenvalue weighted by Crippen LogP contribution is -2.56. The Morgan fingerprint density at radius 3 is 1.30 bits per heavy atom. The number of aliphatic hydroxyl groups excluding tert-OH is 2. The molecular formula is C46H72O4. The third-order valence-corrected chi connectivity index (χ3v) is 21.5. The van der Waals surface area contributed by atoms with Crippen LogP contribution in [-0.2, 0) is 9.47 Å². The van der Waals surface area contributed by atoms with Gasteiger partial charge in [0.25, 0.3) is 0 Å². The molecule has 0 amide bonds. The minimum atomic E-state index is -0.00867. The van der Waals surface area contributed by atoms with E-state index in [-0.39, 0.29) is 12.2 Å². The standard InChI is InChI=1S/2C23H36O2/c2*1-21-11-7-16(24)13-15(21)3-4-17-18(21)8-12-22-9-2-10-23(14-25-23)20(22)6-5-19(17)22/h2*15-20,24H,2-14H2,1H3/t15-,16+,17?,18?,19?,20-,21-,22-,23+;15-,16+,17?,18?,19?,20-,21-,22-,23-/m00/s1. The van der Waals surface area contributed by atoms with Crippen LogP contribution in [0.15, 0.2) is 0 Å². The molecule has 10 aliphatic carbocycles. The third kappa shape index (κ3) is 4.43. The molecule has 18 atom stereocenters. The van der Waals surface area contributed by atoms with Gasteiger partial charge in [0.15, 0.2) is 0 Å². The van der Waals surface area contributed by atoms with E-state index in [2.05, 4.69) is 13.8 Å². The molecule has 0 aromatic carbocycles. The fourth-order valence-electron chi connectivity index (χ4n) is 19.3. The summed E-state index contributed by atoms with van der Waals surface area (Å²) in [6.45, 7) is 7.41. The molecule has 0 radical (unpaired) electrons. The van der Waals surface area contributed by atoms with Crippen molar-refractivity contribution in [3.05, 3.63) is 0 Å². The summed E-state index contributed by atoms with van der Waals surface area (Å²) in [7, 11) is 0. The van der Waals surface area contributed by atoms with E-state index in [1.54, 1.807) is 0 Å². The molecule has 4 heteroatoms. The zero-order valence-corrected chi connectivity index (χ0v) is 32.0. The van der Waals surface area contributed by atoms with Crippen LogP contribution >= 0.6 is 0 Å². The fourth-order valence-corrected chi connectivity index (χ4v) is 19.3. The maximum Gasteiger partial charge on any atom is 0.0949 e. The Balaban J connectivity index is 0.000000120. The molecule has 2 aliphatic heterocycles. The second-order valence-electron chi connectivity index (χ2n) is 22.4. The maximum absolute atomic E-state index is 10.2. The van der Waals surface area contributed by atoms with Crippen molar-refractivity contribution in [2.24, 2.45) is 80.8 Å². The van der Waals surface area contributed by atoms with Gasteiger partial charge in [0.1, 0.15) is 0 Å². The van der Waals surface area contributed by atoms with Crippen molar-refractivity contribution in [3.63, 3.8) is 0 Å². The highest BCUT2D eigenvalue weighted by Crippen LogP contribution is 2.75. The molecule has 10 saturated carbocycles. The van der Waals surface area contributed by atoms with Crippen molar-refractivity contribution < 1.29 is 19.7 Å². The molecule has 2 N–H and O–H groups in total. The van der Waals surface area contributed by atoms with Gasteiger partial charge in [-0.25, -0.2) is 0 Å². The molecule has 6 unspecified atom stereocenters. The molecule has 4 spiro atoms. The molecule has 0 aromatic rings. The highest BCUT2D eigenvalue weighted by molar-refractivity contribution is 5.19. The number of rotatable bonds is 0. The Labute approximate surface area is 304 Å². The van der Waals surface area contributed by atoms with Gasteiger partial charge in [-0.05, 0) is 235 Å². The van der Waals surface area contributed by atoms with E-state index in [4.69, 9.17) is 9.47 Å².